The van der Waals surface area contributed by atoms with E-state index in [1.807, 2.05) is 18.2 Å². The molecule has 21 heavy (non-hydrogen) atoms. The lowest BCUT2D eigenvalue weighted by Crippen LogP contribution is -2.21. The molecule has 0 heterocycles. The molecule has 1 fully saturated rings. The Morgan fingerprint density at radius 2 is 2.10 bits per heavy atom. The zero-order valence-corrected chi connectivity index (χ0v) is 11.6. The van der Waals surface area contributed by atoms with Crippen LogP contribution in [0, 0.1) is 17.2 Å². The Morgan fingerprint density at radius 1 is 1.33 bits per heavy atom. The second-order valence-electron chi connectivity index (χ2n) is 4.95. The van der Waals surface area contributed by atoms with Crippen molar-refractivity contribution < 1.29 is 9.59 Å². The third-order valence-corrected chi connectivity index (χ3v) is 3.13. The number of nitrogens with zero attached hydrogens (tertiary/aromatic N) is 1. The van der Waals surface area contributed by atoms with Crippen molar-refractivity contribution >= 4 is 17.5 Å². The Labute approximate surface area is 123 Å². The van der Waals surface area contributed by atoms with Gasteiger partial charge in [-0.3, -0.25) is 9.59 Å². The molecule has 2 N–H and O–H groups in total. The molecule has 1 saturated carbocycles. The van der Waals surface area contributed by atoms with E-state index in [0.29, 0.717) is 18.2 Å². The first-order chi connectivity index (χ1) is 10.2. The molecule has 2 rings (SSSR count). The molecule has 2 amide bonds. The molecule has 5 heteroatoms. The maximum absolute atomic E-state index is 11.7. The summed E-state index contributed by atoms with van der Waals surface area (Å²) in [7, 11) is 0. The second-order valence-corrected chi connectivity index (χ2v) is 4.95. The molecule has 1 aromatic rings. The standard InChI is InChI=1S/C16H17N3O2/c17-10-9-16(21)19-14-4-2-1-3-13(14)11-18-15(20)8-7-12-5-6-12/h1-4,7-8,12H,5-6,9,11H2,(H,18,20)(H,19,21)/b8-7+. The summed E-state index contributed by atoms with van der Waals surface area (Å²) in [5.41, 5.74) is 1.42. The number of allylic oxidation sites excluding steroid dienone is 1. The number of benzene rings is 1. The predicted octanol–water partition coefficient (Wildman–Crippen LogP) is 2.12. The van der Waals surface area contributed by atoms with E-state index in [1.54, 1.807) is 24.3 Å². The van der Waals surface area contributed by atoms with Gasteiger partial charge in [0.05, 0.1) is 6.07 Å². The van der Waals surface area contributed by atoms with Gasteiger partial charge in [0.2, 0.25) is 11.8 Å². The molecule has 0 unspecified atom stereocenters. The lowest BCUT2D eigenvalue weighted by molar-refractivity contribution is -0.116. The molecule has 0 bridgehead atoms. The highest BCUT2D eigenvalue weighted by Gasteiger charge is 2.17. The molecule has 5 nitrogen and oxygen atoms in total. The van der Waals surface area contributed by atoms with Crippen LogP contribution in [0.25, 0.3) is 0 Å². The summed E-state index contributed by atoms with van der Waals surface area (Å²) >= 11 is 0. The van der Waals surface area contributed by atoms with Gasteiger partial charge in [-0.2, -0.15) is 5.26 Å². The first-order valence-corrected chi connectivity index (χ1v) is 6.90. The van der Waals surface area contributed by atoms with Crippen LogP contribution >= 0.6 is 0 Å². The van der Waals surface area contributed by atoms with E-state index < -0.39 is 0 Å². The Hall–Kier alpha value is -2.61. The number of para-hydroxylation sites is 1. The summed E-state index contributed by atoms with van der Waals surface area (Å²) in [4.78, 5) is 23.1. The van der Waals surface area contributed by atoms with Crippen molar-refractivity contribution in [1.29, 1.82) is 5.26 Å². The van der Waals surface area contributed by atoms with Crippen LogP contribution in [0.2, 0.25) is 0 Å². The fourth-order valence-electron chi connectivity index (χ4n) is 1.82. The molecule has 108 valence electrons. The predicted molar refractivity (Wildman–Crippen MR) is 79.0 cm³/mol. The largest absolute Gasteiger partial charge is 0.348 e. The SMILES string of the molecule is N#CCC(=O)Nc1ccccc1CNC(=O)/C=C/C1CC1. The Bertz CT molecular complexity index is 598. The number of hydrogen-bond acceptors (Lipinski definition) is 3. The maximum atomic E-state index is 11.7. The van der Waals surface area contributed by atoms with E-state index >= 15 is 0 Å². The third-order valence-electron chi connectivity index (χ3n) is 3.13. The minimum atomic E-state index is -0.357. The fourth-order valence-corrected chi connectivity index (χ4v) is 1.82. The van der Waals surface area contributed by atoms with E-state index in [0.717, 1.165) is 18.4 Å². The van der Waals surface area contributed by atoms with E-state index in [1.165, 1.54) is 0 Å². The molecular formula is C16H17N3O2. The Morgan fingerprint density at radius 3 is 2.81 bits per heavy atom. The summed E-state index contributed by atoms with van der Waals surface area (Å²) in [5, 5.41) is 13.9. The minimum absolute atomic E-state index is 0.139. The van der Waals surface area contributed by atoms with Crippen LogP contribution in [-0.4, -0.2) is 11.8 Å². The smallest absolute Gasteiger partial charge is 0.243 e. The highest BCUT2D eigenvalue weighted by molar-refractivity contribution is 5.93. The normalized spacial score (nSPS) is 13.7. The summed E-state index contributed by atoms with van der Waals surface area (Å²) in [5.74, 6) is 0.0678. The van der Waals surface area contributed by atoms with E-state index in [9.17, 15) is 9.59 Å². The van der Waals surface area contributed by atoms with Gasteiger partial charge in [0.15, 0.2) is 0 Å². The van der Waals surface area contributed by atoms with Gasteiger partial charge in [-0.15, -0.1) is 0 Å². The van der Waals surface area contributed by atoms with Crippen LogP contribution in [0.3, 0.4) is 0 Å². The number of nitriles is 1. The Kier molecular flexibility index (Phi) is 5.10. The number of rotatable bonds is 6. The van der Waals surface area contributed by atoms with Gasteiger partial charge >= 0.3 is 0 Å². The zero-order valence-electron chi connectivity index (χ0n) is 11.6. The third kappa shape index (κ3) is 5.11. The van der Waals surface area contributed by atoms with Gasteiger partial charge in [-0.1, -0.05) is 24.3 Å². The van der Waals surface area contributed by atoms with Crippen molar-refractivity contribution in [3.63, 3.8) is 0 Å². The van der Waals surface area contributed by atoms with E-state index in [2.05, 4.69) is 10.6 Å². The first kappa shape index (κ1) is 14.8. The average Bonchev–Trinajstić information content (AvgIpc) is 3.28. The molecule has 1 aromatic carbocycles. The summed E-state index contributed by atoms with van der Waals surface area (Å²) in [6.07, 6.45) is 5.63. The van der Waals surface area contributed by atoms with E-state index in [4.69, 9.17) is 5.26 Å². The maximum Gasteiger partial charge on any atom is 0.243 e. The number of amides is 2. The summed E-state index contributed by atoms with van der Waals surface area (Å²) in [6.45, 7) is 0.330. The lowest BCUT2D eigenvalue weighted by atomic mass is 10.1. The summed E-state index contributed by atoms with van der Waals surface area (Å²) < 4.78 is 0. The average molecular weight is 283 g/mol. The van der Waals surface area contributed by atoms with Crippen LogP contribution in [0.4, 0.5) is 5.69 Å². The molecular weight excluding hydrogens is 266 g/mol. The van der Waals surface area contributed by atoms with Gasteiger partial charge in [0, 0.05) is 12.2 Å². The first-order valence-electron chi connectivity index (χ1n) is 6.90. The monoisotopic (exact) mass is 283 g/mol. The topological polar surface area (TPSA) is 82.0 Å². The van der Waals surface area contributed by atoms with E-state index in [-0.39, 0.29) is 18.2 Å². The van der Waals surface area contributed by atoms with Crippen LogP contribution in [-0.2, 0) is 16.1 Å². The minimum Gasteiger partial charge on any atom is -0.348 e. The number of anilines is 1. The van der Waals surface area contributed by atoms with Gasteiger partial charge in [0.1, 0.15) is 6.42 Å². The van der Waals surface area contributed by atoms with Crippen molar-refractivity contribution in [1.82, 2.24) is 5.32 Å². The van der Waals surface area contributed by atoms with Gasteiger partial charge in [-0.05, 0) is 36.5 Å². The van der Waals surface area contributed by atoms with Crippen LogP contribution < -0.4 is 10.6 Å². The quantitative estimate of drug-likeness (QED) is 0.784. The van der Waals surface area contributed by atoms with Crippen molar-refractivity contribution in [2.45, 2.75) is 25.8 Å². The van der Waals surface area contributed by atoms with Gasteiger partial charge < -0.3 is 10.6 Å². The number of nitrogens with one attached hydrogen (secondary N) is 2. The van der Waals surface area contributed by atoms with Crippen molar-refractivity contribution in [2.24, 2.45) is 5.92 Å². The number of hydrogen-bond donors (Lipinski definition) is 2. The molecule has 0 aliphatic heterocycles. The van der Waals surface area contributed by atoms with Crippen LogP contribution in [0.1, 0.15) is 24.8 Å². The lowest BCUT2D eigenvalue weighted by Gasteiger charge is -2.10. The fraction of sp³-hybridized carbons (Fsp3) is 0.312. The zero-order chi connectivity index (χ0) is 15.1. The number of carbonyl (C=O) groups is 2. The van der Waals surface area contributed by atoms with Gasteiger partial charge in [-0.25, -0.2) is 0 Å². The second kappa shape index (κ2) is 7.25. The molecule has 0 saturated heterocycles. The molecule has 1 aliphatic rings. The molecule has 0 spiro atoms. The highest BCUT2D eigenvalue weighted by Crippen LogP contribution is 2.29. The molecule has 0 radical (unpaired) electrons. The van der Waals surface area contributed by atoms with Crippen LogP contribution in [0.5, 0.6) is 0 Å². The molecule has 1 aliphatic carbocycles. The molecule has 0 aromatic heterocycles. The van der Waals surface area contributed by atoms with Crippen molar-refractivity contribution in [3.8, 4) is 6.07 Å². The summed E-state index contributed by atoms with van der Waals surface area (Å²) in [6, 6.07) is 9.00. The van der Waals surface area contributed by atoms with Crippen molar-refractivity contribution in [2.75, 3.05) is 5.32 Å². The van der Waals surface area contributed by atoms with Gasteiger partial charge in [0.25, 0.3) is 0 Å². The Balaban J connectivity index is 1.91. The highest BCUT2D eigenvalue weighted by atomic mass is 16.2. The number of carbonyl (C=O) groups excluding carboxylic acids is 2. The van der Waals surface area contributed by atoms with Crippen molar-refractivity contribution in [3.05, 3.63) is 42.0 Å². The molecule has 0 atom stereocenters. The van der Waals surface area contributed by atoms with Crippen LogP contribution in [0.15, 0.2) is 36.4 Å².